The van der Waals surface area contributed by atoms with Gasteiger partial charge in [0.1, 0.15) is 0 Å². The molecule has 2 rings (SSSR count). The van der Waals surface area contributed by atoms with Gasteiger partial charge in [0.25, 0.3) is 0 Å². The molecular weight excluding hydrogens is 509 g/mol. The fourth-order valence-electron chi connectivity index (χ4n) is 4.84. The molecule has 0 aromatic heterocycles. The lowest BCUT2D eigenvalue weighted by atomic mass is 9.94. The number of carbonyl (C=O) groups excluding carboxylic acids is 2. The summed E-state index contributed by atoms with van der Waals surface area (Å²) in [7, 11) is -5.34. The van der Waals surface area contributed by atoms with Crippen LogP contribution in [0.4, 0.5) is 0 Å². The molecule has 0 saturated heterocycles. The minimum Gasteiger partial charge on any atom is -0.457 e. The van der Waals surface area contributed by atoms with Crippen LogP contribution in [-0.4, -0.2) is 51.6 Å². The van der Waals surface area contributed by atoms with Crippen molar-refractivity contribution in [3.63, 3.8) is 0 Å². The molecule has 0 aliphatic heterocycles. The highest BCUT2D eigenvalue weighted by atomic mass is 28.4. The number of rotatable bonds is 10. The van der Waals surface area contributed by atoms with Crippen molar-refractivity contribution in [2.24, 2.45) is 0 Å². The summed E-state index contributed by atoms with van der Waals surface area (Å²) in [5.74, 6) is -1.12. The predicted molar refractivity (Wildman–Crippen MR) is 161 cm³/mol. The van der Waals surface area contributed by atoms with Crippen LogP contribution in [-0.2, 0) is 18.8 Å². The van der Waals surface area contributed by atoms with E-state index in [9.17, 15) is 14.7 Å². The van der Waals surface area contributed by atoms with E-state index in [0.29, 0.717) is 5.20 Å². The molecular formula is C31H46O5Si2. The minimum absolute atomic E-state index is 0.0805. The zero-order valence-corrected chi connectivity index (χ0v) is 26.8. The van der Waals surface area contributed by atoms with Crippen LogP contribution in [0.5, 0.6) is 0 Å². The van der Waals surface area contributed by atoms with Crippen LogP contribution >= 0.6 is 0 Å². The fourth-order valence-corrected chi connectivity index (χ4v) is 11.5. The number of hydrogen-bond donors (Lipinski definition) is 1. The number of ether oxygens (including phenoxy) is 1. The summed E-state index contributed by atoms with van der Waals surface area (Å²) >= 11 is 0. The Balaban J connectivity index is 2.67. The molecule has 0 unspecified atom stereocenters. The van der Waals surface area contributed by atoms with Crippen molar-refractivity contribution in [1.82, 2.24) is 0 Å². The molecule has 0 fully saturated rings. The van der Waals surface area contributed by atoms with E-state index in [0.717, 1.165) is 10.4 Å². The molecule has 2 atom stereocenters. The first-order valence-electron chi connectivity index (χ1n) is 13.2. The van der Waals surface area contributed by atoms with Gasteiger partial charge in [-0.05, 0) is 45.7 Å². The van der Waals surface area contributed by atoms with Crippen LogP contribution in [0.1, 0.15) is 55.4 Å². The minimum atomic E-state index is -3.08. The molecule has 2 aromatic rings. The average molecular weight is 555 g/mol. The number of esters is 1. The smallest absolute Gasteiger partial charge is 0.303 e. The quantitative estimate of drug-likeness (QED) is 0.241. The van der Waals surface area contributed by atoms with Crippen LogP contribution in [0.3, 0.4) is 0 Å². The van der Waals surface area contributed by atoms with Gasteiger partial charge in [0.2, 0.25) is 0 Å². The van der Waals surface area contributed by atoms with Gasteiger partial charge in [-0.1, -0.05) is 109 Å². The summed E-state index contributed by atoms with van der Waals surface area (Å²) in [5, 5.41) is 13.8. The van der Waals surface area contributed by atoms with Crippen LogP contribution < -0.4 is 10.4 Å². The van der Waals surface area contributed by atoms with Gasteiger partial charge in [0, 0.05) is 6.92 Å². The topological polar surface area (TPSA) is 72.8 Å². The van der Waals surface area contributed by atoms with E-state index in [2.05, 4.69) is 61.2 Å². The van der Waals surface area contributed by atoms with Gasteiger partial charge in [-0.15, -0.1) is 0 Å². The van der Waals surface area contributed by atoms with Crippen LogP contribution in [0, 0.1) is 0 Å². The maximum Gasteiger partial charge on any atom is 0.303 e. The van der Waals surface area contributed by atoms with Crippen molar-refractivity contribution < 1.29 is 23.9 Å². The third-order valence-electron chi connectivity index (χ3n) is 8.06. The molecule has 208 valence electrons. The summed E-state index contributed by atoms with van der Waals surface area (Å²) in [4.78, 5) is 26.5. The molecule has 0 amide bonds. The predicted octanol–water partition coefficient (Wildman–Crippen LogP) is 5.42. The zero-order valence-electron chi connectivity index (χ0n) is 24.8. The standard InChI is InChI=1S/C31H46O5Si2/c1-23(28(33)31(9,34)27(36-24(2)32)22-35-37(10,11)29(3,4)5)38(30(6,7)8,25-18-14-12-15-19-25)26-20-16-13-17-21-26/h12-21,27,34H,1,22H2,2-11H3/t27-,31+/m1/s1. The summed E-state index contributed by atoms with van der Waals surface area (Å²) < 4.78 is 11.9. The number of benzene rings is 2. The van der Waals surface area contributed by atoms with Crippen molar-refractivity contribution >= 4 is 38.5 Å². The molecule has 2 aromatic carbocycles. The Morgan fingerprint density at radius 2 is 1.26 bits per heavy atom. The van der Waals surface area contributed by atoms with E-state index in [1.54, 1.807) is 0 Å². The Bertz CT molecular complexity index is 1090. The maximum atomic E-state index is 14.4. The van der Waals surface area contributed by atoms with Crippen molar-refractivity contribution in [2.45, 2.75) is 90.3 Å². The van der Waals surface area contributed by atoms with E-state index < -0.39 is 39.8 Å². The van der Waals surface area contributed by atoms with Crippen molar-refractivity contribution in [3.8, 4) is 0 Å². The van der Waals surface area contributed by atoms with Crippen LogP contribution in [0.25, 0.3) is 0 Å². The summed E-state index contributed by atoms with van der Waals surface area (Å²) in [6.45, 7) is 23.9. The van der Waals surface area contributed by atoms with Gasteiger partial charge in [-0.2, -0.15) is 0 Å². The Hall–Kier alpha value is -2.33. The molecule has 38 heavy (non-hydrogen) atoms. The lowest BCUT2D eigenvalue weighted by molar-refractivity contribution is -0.169. The third-order valence-corrected chi connectivity index (χ3v) is 18.3. The number of carbonyl (C=O) groups is 2. The van der Waals surface area contributed by atoms with Crippen molar-refractivity contribution in [1.29, 1.82) is 0 Å². The molecule has 0 saturated carbocycles. The normalized spacial score (nSPS) is 15.3. The second-order valence-corrected chi connectivity index (χ2v) is 22.4. The monoisotopic (exact) mass is 554 g/mol. The second-order valence-electron chi connectivity index (χ2n) is 12.9. The van der Waals surface area contributed by atoms with Gasteiger partial charge in [0.05, 0.1) is 6.61 Å². The number of aliphatic hydroxyl groups is 1. The summed E-state index contributed by atoms with van der Waals surface area (Å²) in [6.07, 6.45) is -1.18. The Labute approximate surface area is 231 Å². The Kier molecular flexibility index (Phi) is 9.58. The summed E-state index contributed by atoms with van der Waals surface area (Å²) in [6, 6.07) is 19.9. The zero-order chi connectivity index (χ0) is 29.2. The van der Waals surface area contributed by atoms with E-state index in [-0.39, 0.29) is 16.7 Å². The van der Waals surface area contributed by atoms with E-state index in [4.69, 9.17) is 9.16 Å². The fraction of sp³-hybridized carbons (Fsp3) is 0.484. The van der Waals surface area contributed by atoms with Crippen LogP contribution in [0.15, 0.2) is 72.4 Å². The average Bonchev–Trinajstić information content (AvgIpc) is 2.81. The van der Waals surface area contributed by atoms with Gasteiger partial charge < -0.3 is 14.3 Å². The number of hydrogen-bond acceptors (Lipinski definition) is 5. The first-order valence-corrected chi connectivity index (χ1v) is 18.1. The lowest BCUT2D eigenvalue weighted by Gasteiger charge is -2.46. The number of ketones is 1. The lowest BCUT2D eigenvalue weighted by Crippen LogP contribution is -2.69. The molecule has 0 aliphatic carbocycles. The van der Waals surface area contributed by atoms with E-state index in [1.807, 2.05) is 60.7 Å². The highest BCUT2D eigenvalue weighted by Crippen LogP contribution is 2.42. The number of Topliss-reactive ketones (excluding diaryl/α,β-unsaturated/α-hetero) is 1. The van der Waals surface area contributed by atoms with Gasteiger partial charge in [0.15, 0.2) is 33.9 Å². The second kappa shape index (κ2) is 11.4. The molecule has 7 heteroatoms. The molecule has 5 nitrogen and oxygen atoms in total. The molecule has 0 spiro atoms. The highest BCUT2D eigenvalue weighted by Gasteiger charge is 2.56. The maximum absolute atomic E-state index is 14.4. The van der Waals surface area contributed by atoms with Crippen molar-refractivity contribution in [3.05, 3.63) is 72.4 Å². The molecule has 0 radical (unpaired) electrons. The largest absolute Gasteiger partial charge is 0.457 e. The SMILES string of the molecule is C=C(C(=O)[C@@](C)(O)[C@@H](CO[Si](C)(C)C(C)(C)C)OC(C)=O)[Si](c1ccccc1)(c1ccccc1)C(C)(C)C. The van der Waals surface area contributed by atoms with Crippen molar-refractivity contribution in [2.75, 3.05) is 6.61 Å². The van der Waals surface area contributed by atoms with E-state index >= 15 is 0 Å². The summed E-state index contributed by atoms with van der Waals surface area (Å²) in [5.41, 5.74) is -2.04. The Morgan fingerprint density at radius 1 is 0.842 bits per heavy atom. The Morgan fingerprint density at radius 3 is 1.61 bits per heavy atom. The van der Waals surface area contributed by atoms with Gasteiger partial charge in [-0.25, -0.2) is 0 Å². The third kappa shape index (κ3) is 6.28. The van der Waals surface area contributed by atoms with E-state index in [1.165, 1.54) is 13.8 Å². The molecule has 0 heterocycles. The van der Waals surface area contributed by atoms with Crippen LogP contribution in [0.2, 0.25) is 23.2 Å². The first-order chi connectivity index (χ1) is 17.3. The highest BCUT2D eigenvalue weighted by molar-refractivity contribution is 7.11. The van der Waals surface area contributed by atoms with Gasteiger partial charge in [-0.3, -0.25) is 9.59 Å². The molecule has 1 N–H and O–H groups in total. The molecule has 0 bridgehead atoms. The first kappa shape index (κ1) is 31.9. The molecule has 0 aliphatic rings. The van der Waals surface area contributed by atoms with Gasteiger partial charge >= 0.3 is 5.97 Å².